The van der Waals surface area contributed by atoms with Crippen molar-refractivity contribution in [3.05, 3.63) is 0 Å². The molecule has 0 aromatic carbocycles. The van der Waals surface area contributed by atoms with Crippen LogP contribution in [-0.2, 0) is 14.3 Å². The van der Waals surface area contributed by atoms with Gasteiger partial charge in [-0.3, -0.25) is 9.69 Å². The van der Waals surface area contributed by atoms with Crippen LogP contribution < -0.4 is 0 Å². The van der Waals surface area contributed by atoms with Gasteiger partial charge in [0.2, 0.25) is 0 Å². The number of ether oxygens (including phenoxy) is 2. The highest BCUT2D eigenvalue weighted by Gasteiger charge is 2.22. The normalized spacial score (nSPS) is 24.1. The number of esters is 1. The Morgan fingerprint density at radius 2 is 2.44 bits per heavy atom. The van der Waals surface area contributed by atoms with Crippen LogP contribution in [0.4, 0.5) is 0 Å². The molecule has 1 heterocycles. The van der Waals surface area contributed by atoms with Crippen molar-refractivity contribution >= 4 is 5.97 Å². The molecule has 0 bridgehead atoms. The van der Waals surface area contributed by atoms with Gasteiger partial charge in [0.25, 0.3) is 0 Å². The summed E-state index contributed by atoms with van der Waals surface area (Å²) in [5.74, 6) is -0.337. The van der Waals surface area contributed by atoms with Gasteiger partial charge in [-0.1, -0.05) is 0 Å². The maximum absolute atomic E-state index is 11.2. The van der Waals surface area contributed by atoms with Crippen LogP contribution in [0.3, 0.4) is 0 Å². The SMILES string of the molecule is CCOC(=O)CC(O)CN1CCOCC1C. The Balaban J connectivity index is 2.26. The van der Waals surface area contributed by atoms with Gasteiger partial charge in [0.1, 0.15) is 0 Å². The van der Waals surface area contributed by atoms with Gasteiger partial charge in [-0.15, -0.1) is 0 Å². The summed E-state index contributed by atoms with van der Waals surface area (Å²) in [5, 5.41) is 9.73. The first-order valence-corrected chi connectivity index (χ1v) is 5.79. The average molecular weight is 231 g/mol. The van der Waals surface area contributed by atoms with Crippen LogP contribution in [0.5, 0.6) is 0 Å². The zero-order valence-electron chi connectivity index (χ0n) is 10.0. The number of hydrogen-bond acceptors (Lipinski definition) is 5. The predicted octanol–water partition coefficient (Wildman–Crippen LogP) is 0.0212. The number of morpholine rings is 1. The van der Waals surface area contributed by atoms with Gasteiger partial charge < -0.3 is 14.6 Å². The van der Waals surface area contributed by atoms with E-state index in [1.54, 1.807) is 6.92 Å². The number of nitrogens with zero attached hydrogens (tertiary/aromatic N) is 1. The molecule has 0 aromatic rings. The lowest BCUT2D eigenvalue weighted by Gasteiger charge is -2.34. The molecule has 5 nitrogen and oxygen atoms in total. The van der Waals surface area contributed by atoms with Gasteiger partial charge in [0.15, 0.2) is 0 Å². The van der Waals surface area contributed by atoms with E-state index in [1.165, 1.54) is 0 Å². The molecular formula is C11H21NO4. The number of β-amino-alcohol motifs (C(OH)–C–C–N with tert-alkyl or cyclic N) is 1. The standard InChI is InChI=1S/C11H21NO4/c1-3-16-11(14)6-10(13)7-12-4-5-15-8-9(12)2/h9-10,13H,3-8H2,1-2H3. The van der Waals surface area contributed by atoms with Crippen LogP contribution in [0, 0.1) is 0 Å². The molecule has 1 rings (SSSR count). The second-order valence-electron chi connectivity index (χ2n) is 4.08. The molecule has 1 aliphatic heterocycles. The summed E-state index contributed by atoms with van der Waals surface area (Å²) in [4.78, 5) is 13.3. The fourth-order valence-corrected chi connectivity index (χ4v) is 1.78. The monoisotopic (exact) mass is 231 g/mol. The zero-order chi connectivity index (χ0) is 12.0. The van der Waals surface area contributed by atoms with E-state index in [4.69, 9.17) is 9.47 Å². The summed E-state index contributed by atoms with van der Waals surface area (Å²) in [5.41, 5.74) is 0. The van der Waals surface area contributed by atoms with Crippen LogP contribution in [0.2, 0.25) is 0 Å². The quantitative estimate of drug-likeness (QED) is 0.676. The van der Waals surface area contributed by atoms with E-state index < -0.39 is 6.10 Å². The lowest BCUT2D eigenvalue weighted by Crippen LogP contribution is -2.47. The molecular weight excluding hydrogens is 210 g/mol. The summed E-state index contributed by atoms with van der Waals surface area (Å²) in [6.45, 7) is 6.86. The third-order valence-corrected chi connectivity index (χ3v) is 2.66. The smallest absolute Gasteiger partial charge is 0.308 e. The van der Waals surface area contributed by atoms with E-state index in [-0.39, 0.29) is 12.4 Å². The van der Waals surface area contributed by atoms with E-state index >= 15 is 0 Å². The van der Waals surface area contributed by atoms with Gasteiger partial charge >= 0.3 is 5.97 Å². The maximum atomic E-state index is 11.2. The summed E-state index contributed by atoms with van der Waals surface area (Å²) in [7, 11) is 0. The number of aliphatic hydroxyl groups excluding tert-OH is 1. The number of carbonyl (C=O) groups excluding carboxylic acids is 1. The Kier molecular flexibility index (Phi) is 5.73. The highest BCUT2D eigenvalue weighted by Crippen LogP contribution is 2.08. The number of hydrogen-bond donors (Lipinski definition) is 1. The van der Waals surface area contributed by atoms with Crippen LogP contribution in [0.15, 0.2) is 0 Å². The second kappa shape index (κ2) is 6.83. The highest BCUT2D eigenvalue weighted by molar-refractivity contribution is 5.69. The molecule has 0 amide bonds. The summed E-state index contributed by atoms with van der Waals surface area (Å²) in [6, 6.07) is 0.297. The summed E-state index contributed by atoms with van der Waals surface area (Å²) < 4.78 is 10.1. The molecule has 16 heavy (non-hydrogen) atoms. The molecule has 1 N–H and O–H groups in total. The van der Waals surface area contributed by atoms with Crippen molar-refractivity contribution < 1.29 is 19.4 Å². The molecule has 94 valence electrons. The first-order valence-electron chi connectivity index (χ1n) is 5.79. The minimum absolute atomic E-state index is 0.0674. The Morgan fingerprint density at radius 3 is 3.06 bits per heavy atom. The fourth-order valence-electron chi connectivity index (χ4n) is 1.78. The Labute approximate surface area is 96.3 Å². The molecule has 0 saturated carbocycles. The van der Waals surface area contributed by atoms with E-state index in [0.29, 0.717) is 32.4 Å². The number of carbonyl (C=O) groups is 1. The molecule has 0 aromatic heterocycles. The van der Waals surface area contributed by atoms with Crippen molar-refractivity contribution in [3.63, 3.8) is 0 Å². The number of aliphatic hydroxyl groups is 1. The first kappa shape index (κ1) is 13.4. The molecule has 2 atom stereocenters. The minimum Gasteiger partial charge on any atom is -0.466 e. The maximum Gasteiger partial charge on any atom is 0.308 e. The summed E-state index contributed by atoms with van der Waals surface area (Å²) in [6.07, 6.45) is -0.586. The lowest BCUT2D eigenvalue weighted by atomic mass is 10.2. The lowest BCUT2D eigenvalue weighted by molar-refractivity contribution is -0.145. The van der Waals surface area contributed by atoms with Crippen molar-refractivity contribution in [2.24, 2.45) is 0 Å². The van der Waals surface area contributed by atoms with Crippen molar-refractivity contribution in [3.8, 4) is 0 Å². The van der Waals surface area contributed by atoms with Crippen LogP contribution in [0.25, 0.3) is 0 Å². The van der Waals surface area contributed by atoms with Gasteiger partial charge in [-0.25, -0.2) is 0 Å². The van der Waals surface area contributed by atoms with Crippen molar-refractivity contribution in [2.75, 3.05) is 32.9 Å². The van der Waals surface area contributed by atoms with Crippen LogP contribution in [-0.4, -0.2) is 61.0 Å². The molecule has 0 spiro atoms. The van der Waals surface area contributed by atoms with E-state index in [9.17, 15) is 9.90 Å². The minimum atomic E-state index is -0.653. The van der Waals surface area contributed by atoms with Crippen molar-refractivity contribution in [1.29, 1.82) is 0 Å². The average Bonchev–Trinajstić information content (AvgIpc) is 2.21. The largest absolute Gasteiger partial charge is 0.466 e. The van der Waals surface area contributed by atoms with Gasteiger partial charge in [-0.2, -0.15) is 0 Å². The molecule has 5 heteroatoms. The third kappa shape index (κ3) is 4.47. The summed E-state index contributed by atoms with van der Waals surface area (Å²) >= 11 is 0. The van der Waals surface area contributed by atoms with Crippen molar-refractivity contribution in [1.82, 2.24) is 4.90 Å². The Hall–Kier alpha value is -0.650. The molecule has 2 unspecified atom stereocenters. The number of rotatable bonds is 5. The Bertz CT molecular complexity index is 222. The van der Waals surface area contributed by atoms with E-state index in [2.05, 4.69) is 11.8 Å². The molecule has 0 aliphatic carbocycles. The topological polar surface area (TPSA) is 59.0 Å². The van der Waals surface area contributed by atoms with Gasteiger partial charge in [0.05, 0.1) is 32.3 Å². The van der Waals surface area contributed by atoms with Gasteiger partial charge in [-0.05, 0) is 13.8 Å². The van der Waals surface area contributed by atoms with E-state index in [1.807, 2.05) is 0 Å². The molecule has 1 fully saturated rings. The highest BCUT2D eigenvalue weighted by atomic mass is 16.5. The fraction of sp³-hybridized carbons (Fsp3) is 0.909. The van der Waals surface area contributed by atoms with Gasteiger partial charge in [0, 0.05) is 19.1 Å². The van der Waals surface area contributed by atoms with Crippen LogP contribution >= 0.6 is 0 Å². The Morgan fingerprint density at radius 1 is 1.69 bits per heavy atom. The van der Waals surface area contributed by atoms with E-state index in [0.717, 1.165) is 6.54 Å². The molecule has 1 aliphatic rings. The van der Waals surface area contributed by atoms with Crippen molar-refractivity contribution in [2.45, 2.75) is 32.4 Å². The third-order valence-electron chi connectivity index (χ3n) is 2.66. The zero-order valence-corrected chi connectivity index (χ0v) is 10.0. The van der Waals surface area contributed by atoms with Crippen LogP contribution in [0.1, 0.15) is 20.3 Å². The molecule has 1 saturated heterocycles. The first-order chi connectivity index (χ1) is 7.63. The second-order valence-corrected chi connectivity index (χ2v) is 4.08. The predicted molar refractivity (Wildman–Crippen MR) is 59.1 cm³/mol. The molecule has 0 radical (unpaired) electrons.